The maximum absolute atomic E-state index is 12.0. The van der Waals surface area contributed by atoms with Crippen LogP contribution >= 0.6 is 15.9 Å². The number of ether oxygens (including phenoxy) is 1. The molecular formula is C18H20BrNO4S. The Balaban J connectivity index is 1.83. The summed E-state index contributed by atoms with van der Waals surface area (Å²) in [6.07, 6.45) is 0.843. The lowest BCUT2D eigenvalue weighted by atomic mass is 10.2. The van der Waals surface area contributed by atoms with Crippen molar-refractivity contribution < 1.29 is 17.9 Å². The molecule has 7 heteroatoms. The highest BCUT2D eigenvalue weighted by atomic mass is 79.9. The Hall–Kier alpha value is -1.86. The van der Waals surface area contributed by atoms with Gasteiger partial charge < -0.3 is 10.1 Å². The molecule has 2 rings (SSSR count). The minimum Gasteiger partial charge on any atom is -0.492 e. The highest BCUT2D eigenvalue weighted by Gasteiger charge is 2.12. The number of amides is 1. The van der Waals surface area contributed by atoms with E-state index < -0.39 is 9.84 Å². The molecule has 1 amide bonds. The van der Waals surface area contributed by atoms with Crippen LogP contribution in [0.15, 0.2) is 57.9 Å². The smallest absolute Gasteiger partial charge is 0.224 e. The summed E-state index contributed by atoms with van der Waals surface area (Å²) in [6, 6.07) is 13.8. The number of hydrogen-bond donors (Lipinski definition) is 1. The predicted octanol–water partition coefficient (Wildman–Crippen LogP) is 4.04. The molecule has 0 spiro atoms. The Morgan fingerprint density at radius 1 is 1.16 bits per heavy atom. The summed E-state index contributed by atoms with van der Waals surface area (Å²) in [5.74, 6) is 0.582. The Bertz CT molecular complexity index is 836. The summed E-state index contributed by atoms with van der Waals surface area (Å²) in [6.45, 7) is 2.01. The molecule has 0 saturated carbocycles. The molecule has 0 saturated heterocycles. The molecule has 0 aliphatic rings. The molecule has 5 nitrogen and oxygen atoms in total. The second-order valence-corrected chi connectivity index (χ2v) is 8.49. The number of carbonyl (C=O) groups excluding carboxylic acids is 1. The zero-order valence-corrected chi connectivity index (χ0v) is 16.3. The molecule has 0 heterocycles. The van der Waals surface area contributed by atoms with Gasteiger partial charge in [0.05, 0.1) is 21.7 Å². The number of para-hydroxylation sites is 1. The van der Waals surface area contributed by atoms with Crippen molar-refractivity contribution in [2.45, 2.75) is 24.7 Å². The van der Waals surface area contributed by atoms with E-state index in [1.165, 1.54) is 12.1 Å². The minimum atomic E-state index is -3.29. The van der Waals surface area contributed by atoms with Gasteiger partial charge in [-0.1, -0.05) is 25.1 Å². The molecule has 0 fully saturated rings. The van der Waals surface area contributed by atoms with E-state index in [-0.39, 0.29) is 23.0 Å². The molecule has 2 aromatic carbocycles. The number of hydrogen-bond acceptors (Lipinski definition) is 4. The van der Waals surface area contributed by atoms with E-state index in [9.17, 15) is 13.2 Å². The lowest BCUT2D eigenvalue weighted by molar-refractivity contribution is -0.116. The van der Waals surface area contributed by atoms with Gasteiger partial charge in [0.25, 0.3) is 0 Å². The van der Waals surface area contributed by atoms with Crippen molar-refractivity contribution in [1.82, 2.24) is 0 Å². The minimum absolute atomic E-state index is 0.0246. The van der Waals surface area contributed by atoms with Crippen LogP contribution < -0.4 is 10.1 Å². The third-order valence-corrected chi connectivity index (χ3v) is 5.89. The first-order chi connectivity index (χ1) is 11.9. The standard InChI is InChI=1S/C18H20BrNO4S/c1-2-25(22,23)15-8-5-7-14(13-15)20-18(21)11-6-12-24-17-10-4-3-9-16(17)19/h3-5,7-10,13H,2,6,11-12H2,1H3,(H,20,21). The second-order valence-electron chi connectivity index (χ2n) is 5.36. The largest absolute Gasteiger partial charge is 0.492 e. The monoisotopic (exact) mass is 425 g/mol. The van der Waals surface area contributed by atoms with E-state index in [2.05, 4.69) is 21.2 Å². The average Bonchev–Trinajstić information content (AvgIpc) is 2.60. The Morgan fingerprint density at radius 2 is 1.92 bits per heavy atom. The third-order valence-electron chi connectivity index (χ3n) is 3.50. The molecule has 25 heavy (non-hydrogen) atoms. The van der Waals surface area contributed by atoms with Gasteiger partial charge >= 0.3 is 0 Å². The van der Waals surface area contributed by atoms with Crippen molar-refractivity contribution in [1.29, 1.82) is 0 Å². The highest BCUT2D eigenvalue weighted by Crippen LogP contribution is 2.24. The summed E-state index contributed by atoms with van der Waals surface area (Å²) in [4.78, 5) is 12.2. The summed E-state index contributed by atoms with van der Waals surface area (Å²) in [5.41, 5.74) is 0.478. The molecule has 134 valence electrons. The summed E-state index contributed by atoms with van der Waals surface area (Å²) < 4.78 is 30.2. The zero-order chi connectivity index (χ0) is 18.3. The van der Waals surface area contributed by atoms with E-state index in [1.54, 1.807) is 19.1 Å². The number of carbonyl (C=O) groups is 1. The van der Waals surface area contributed by atoms with Crippen LogP contribution in [0.2, 0.25) is 0 Å². The third kappa shape index (κ3) is 5.86. The molecule has 0 bridgehead atoms. The number of sulfone groups is 1. The van der Waals surface area contributed by atoms with E-state index in [1.807, 2.05) is 24.3 Å². The zero-order valence-electron chi connectivity index (χ0n) is 13.9. The van der Waals surface area contributed by atoms with E-state index in [4.69, 9.17) is 4.74 Å². The Kier molecular flexibility index (Phi) is 7.01. The van der Waals surface area contributed by atoms with Gasteiger partial charge in [0.1, 0.15) is 5.75 Å². The van der Waals surface area contributed by atoms with Gasteiger partial charge in [-0.25, -0.2) is 8.42 Å². The predicted molar refractivity (Wildman–Crippen MR) is 102 cm³/mol. The molecule has 2 aromatic rings. The van der Waals surface area contributed by atoms with Gasteiger partial charge in [-0.3, -0.25) is 4.79 Å². The molecule has 0 aromatic heterocycles. The topological polar surface area (TPSA) is 72.5 Å². The van der Waals surface area contributed by atoms with Crippen LogP contribution in [0.4, 0.5) is 5.69 Å². The first-order valence-electron chi connectivity index (χ1n) is 7.92. The normalized spacial score (nSPS) is 11.1. The maximum Gasteiger partial charge on any atom is 0.224 e. The van der Waals surface area contributed by atoms with Crippen LogP contribution in [0.1, 0.15) is 19.8 Å². The van der Waals surface area contributed by atoms with Gasteiger partial charge in [-0.05, 0) is 52.7 Å². The van der Waals surface area contributed by atoms with Crippen molar-refractivity contribution in [3.05, 3.63) is 53.0 Å². The second kappa shape index (κ2) is 9.01. The van der Waals surface area contributed by atoms with Crippen LogP contribution in [0.25, 0.3) is 0 Å². The number of benzene rings is 2. The molecule has 0 radical (unpaired) electrons. The molecule has 0 aliphatic heterocycles. The van der Waals surface area contributed by atoms with Crippen LogP contribution in [0, 0.1) is 0 Å². The van der Waals surface area contributed by atoms with E-state index >= 15 is 0 Å². The summed E-state index contributed by atoms with van der Waals surface area (Å²) in [7, 11) is -3.29. The van der Waals surface area contributed by atoms with Gasteiger partial charge in [0.2, 0.25) is 5.91 Å². The van der Waals surface area contributed by atoms with E-state index in [0.29, 0.717) is 18.7 Å². The number of halogens is 1. The lowest BCUT2D eigenvalue weighted by Crippen LogP contribution is -2.13. The fourth-order valence-electron chi connectivity index (χ4n) is 2.13. The van der Waals surface area contributed by atoms with Crippen LogP contribution in [-0.4, -0.2) is 26.7 Å². The fourth-order valence-corrected chi connectivity index (χ4v) is 3.46. The first-order valence-corrected chi connectivity index (χ1v) is 10.4. The van der Waals surface area contributed by atoms with Crippen molar-refractivity contribution in [2.24, 2.45) is 0 Å². The van der Waals surface area contributed by atoms with Gasteiger partial charge in [-0.2, -0.15) is 0 Å². The maximum atomic E-state index is 12.0. The number of anilines is 1. The van der Waals surface area contributed by atoms with Crippen molar-refractivity contribution in [3.63, 3.8) is 0 Å². The van der Waals surface area contributed by atoms with Crippen molar-refractivity contribution in [3.8, 4) is 5.75 Å². The fraction of sp³-hybridized carbons (Fsp3) is 0.278. The number of rotatable bonds is 8. The van der Waals surface area contributed by atoms with Crippen LogP contribution in [0.5, 0.6) is 5.75 Å². The average molecular weight is 426 g/mol. The van der Waals surface area contributed by atoms with Gasteiger partial charge in [0, 0.05) is 12.1 Å². The first kappa shape index (κ1) is 19.5. The molecule has 1 N–H and O–H groups in total. The summed E-state index contributed by atoms with van der Waals surface area (Å²) >= 11 is 3.40. The van der Waals surface area contributed by atoms with Gasteiger partial charge in [0.15, 0.2) is 9.84 Å². The highest BCUT2D eigenvalue weighted by molar-refractivity contribution is 9.10. The van der Waals surface area contributed by atoms with Crippen molar-refractivity contribution in [2.75, 3.05) is 17.7 Å². The molecular weight excluding hydrogens is 406 g/mol. The number of nitrogens with one attached hydrogen (secondary N) is 1. The Labute approximate surface area is 156 Å². The Morgan fingerprint density at radius 3 is 2.64 bits per heavy atom. The molecule has 0 unspecified atom stereocenters. The van der Waals surface area contributed by atoms with E-state index in [0.717, 1.165) is 10.2 Å². The molecule has 0 aliphatic carbocycles. The SMILES string of the molecule is CCS(=O)(=O)c1cccc(NC(=O)CCCOc2ccccc2Br)c1. The van der Waals surface area contributed by atoms with Crippen LogP contribution in [-0.2, 0) is 14.6 Å². The lowest BCUT2D eigenvalue weighted by Gasteiger charge is -2.09. The van der Waals surface area contributed by atoms with Crippen molar-refractivity contribution >= 4 is 37.4 Å². The molecule has 0 atom stereocenters. The quantitative estimate of drug-likeness (QED) is 0.647. The van der Waals surface area contributed by atoms with Gasteiger partial charge in [-0.15, -0.1) is 0 Å². The summed E-state index contributed by atoms with van der Waals surface area (Å²) in [5, 5.41) is 2.72. The van der Waals surface area contributed by atoms with Crippen LogP contribution in [0.3, 0.4) is 0 Å².